The SMILES string of the molecule is COc1cc(Br)c(C#N)cc1-n1c(=O)ccc2cc(SCc3ccccc3)ccc21. The Hall–Kier alpha value is -3.01. The van der Waals surface area contributed by atoms with Crippen LogP contribution in [0.25, 0.3) is 16.6 Å². The minimum absolute atomic E-state index is 0.184. The highest BCUT2D eigenvalue weighted by Crippen LogP contribution is 2.32. The van der Waals surface area contributed by atoms with Gasteiger partial charge >= 0.3 is 0 Å². The predicted octanol–water partition coefficient (Wildman–Crippen LogP) is 5.93. The van der Waals surface area contributed by atoms with Gasteiger partial charge in [0.15, 0.2) is 0 Å². The highest BCUT2D eigenvalue weighted by molar-refractivity contribution is 9.10. The predicted molar refractivity (Wildman–Crippen MR) is 125 cm³/mol. The number of fused-ring (bicyclic) bond motifs is 1. The van der Waals surface area contributed by atoms with Crippen molar-refractivity contribution in [2.24, 2.45) is 0 Å². The van der Waals surface area contributed by atoms with Crippen molar-refractivity contribution >= 4 is 38.6 Å². The molecule has 0 saturated heterocycles. The third-order valence-electron chi connectivity index (χ3n) is 4.74. The van der Waals surface area contributed by atoms with Crippen molar-refractivity contribution in [3.8, 4) is 17.5 Å². The topological polar surface area (TPSA) is 55.0 Å². The van der Waals surface area contributed by atoms with E-state index in [1.807, 2.05) is 36.4 Å². The van der Waals surface area contributed by atoms with Crippen LogP contribution in [0.4, 0.5) is 0 Å². The molecule has 0 unspecified atom stereocenters. The Balaban J connectivity index is 1.79. The first-order chi connectivity index (χ1) is 14.6. The molecular weight excluding hydrogens is 460 g/mol. The summed E-state index contributed by atoms with van der Waals surface area (Å²) in [7, 11) is 1.55. The summed E-state index contributed by atoms with van der Waals surface area (Å²) in [5, 5.41) is 10.4. The van der Waals surface area contributed by atoms with Gasteiger partial charge in [0.05, 0.1) is 23.9 Å². The summed E-state index contributed by atoms with van der Waals surface area (Å²) in [5.41, 5.74) is 2.81. The number of methoxy groups -OCH3 is 1. The summed E-state index contributed by atoms with van der Waals surface area (Å²) in [5.74, 6) is 1.39. The van der Waals surface area contributed by atoms with E-state index >= 15 is 0 Å². The van der Waals surface area contributed by atoms with Crippen LogP contribution in [-0.4, -0.2) is 11.7 Å². The number of rotatable bonds is 5. The molecule has 1 heterocycles. The lowest BCUT2D eigenvalue weighted by atomic mass is 10.1. The molecule has 0 aliphatic rings. The maximum absolute atomic E-state index is 12.8. The lowest BCUT2D eigenvalue weighted by Gasteiger charge is -2.15. The van der Waals surface area contributed by atoms with Crippen molar-refractivity contribution in [1.29, 1.82) is 5.26 Å². The molecule has 0 N–H and O–H groups in total. The molecule has 0 atom stereocenters. The third kappa shape index (κ3) is 4.00. The van der Waals surface area contributed by atoms with Gasteiger partial charge in [-0.3, -0.25) is 9.36 Å². The van der Waals surface area contributed by atoms with Crippen LogP contribution in [0.15, 0.2) is 87.0 Å². The molecule has 3 aromatic carbocycles. The normalized spacial score (nSPS) is 10.7. The van der Waals surface area contributed by atoms with E-state index in [0.29, 0.717) is 21.5 Å². The molecule has 0 radical (unpaired) electrons. The molecule has 0 spiro atoms. The van der Waals surface area contributed by atoms with E-state index in [1.54, 1.807) is 41.6 Å². The smallest absolute Gasteiger partial charge is 0.255 e. The minimum atomic E-state index is -0.184. The molecule has 0 amide bonds. The number of nitrogens with zero attached hydrogens (tertiary/aromatic N) is 2. The number of halogens is 1. The van der Waals surface area contributed by atoms with Crippen LogP contribution in [0, 0.1) is 11.3 Å². The fourth-order valence-corrected chi connectivity index (χ4v) is 4.58. The number of pyridine rings is 1. The summed E-state index contributed by atoms with van der Waals surface area (Å²) in [6.07, 6.45) is 0. The second kappa shape index (κ2) is 8.78. The molecular formula is C24H17BrN2O2S. The Morgan fingerprint density at radius 1 is 1.07 bits per heavy atom. The van der Waals surface area contributed by atoms with Crippen LogP contribution < -0.4 is 10.3 Å². The van der Waals surface area contributed by atoms with Gasteiger partial charge in [-0.25, -0.2) is 0 Å². The molecule has 4 aromatic rings. The zero-order valence-corrected chi connectivity index (χ0v) is 18.5. The average Bonchev–Trinajstić information content (AvgIpc) is 2.78. The lowest BCUT2D eigenvalue weighted by molar-refractivity contribution is 0.412. The van der Waals surface area contributed by atoms with Crippen LogP contribution in [0.3, 0.4) is 0 Å². The number of benzene rings is 3. The zero-order valence-electron chi connectivity index (χ0n) is 16.1. The number of thioether (sulfide) groups is 1. The molecule has 148 valence electrons. The maximum Gasteiger partial charge on any atom is 0.255 e. The second-order valence-corrected chi connectivity index (χ2v) is 8.52. The van der Waals surface area contributed by atoms with Gasteiger partial charge in [-0.05, 0) is 63.3 Å². The van der Waals surface area contributed by atoms with E-state index in [1.165, 1.54) is 5.56 Å². The van der Waals surface area contributed by atoms with Gasteiger partial charge in [-0.15, -0.1) is 11.8 Å². The largest absolute Gasteiger partial charge is 0.495 e. The van der Waals surface area contributed by atoms with Crippen LogP contribution >= 0.6 is 27.7 Å². The molecule has 4 nitrogen and oxygen atoms in total. The molecule has 0 aliphatic heterocycles. The van der Waals surface area contributed by atoms with Gasteiger partial charge in [0.1, 0.15) is 11.8 Å². The van der Waals surface area contributed by atoms with E-state index in [4.69, 9.17) is 4.74 Å². The number of ether oxygens (including phenoxy) is 1. The number of aromatic nitrogens is 1. The van der Waals surface area contributed by atoms with Gasteiger partial charge in [0.2, 0.25) is 0 Å². The molecule has 6 heteroatoms. The van der Waals surface area contributed by atoms with E-state index in [2.05, 4.69) is 40.2 Å². The van der Waals surface area contributed by atoms with Crippen molar-refractivity contribution in [3.05, 3.63) is 98.7 Å². The highest BCUT2D eigenvalue weighted by Gasteiger charge is 2.14. The Labute approximate surface area is 186 Å². The molecule has 30 heavy (non-hydrogen) atoms. The van der Waals surface area contributed by atoms with Gasteiger partial charge in [-0.2, -0.15) is 5.26 Å². The Morgan fingerprint density at radius 3 is 2.60 bits per heavy atom. The number of nitriles is 1. The Bertz CT molecular complexity index is 1330. The van der Waals surface area contributed by atoms with Gasteiger partial charge in [0, 0.05) is 21.2 Å². The molecule has 0 aliphatic carbocycles. The first kappa shape index (κ1) is 20.3. The summed E-state index contributed by atoms with van der Waals surface area (Å²) in [6, 6.07) is 25.2. The Morgan fingerprint density at radius 2 is 1.87 bits per heavy atom. The fourth-order valence-electron chi connectivity index (χ4n) is 3.27. The molecule has 0 saturated carbocycles. The van der Waals surface area contributed by atoms with Crippen LogP contribution in [0.1, 0.15) is 11.1 Å². The second-order valence-electron chi connectivity index (χ2n) is 6.62. The van der Waals surface area contributed by atoms with Gasteiger partial charge in [0.25, 0.3) is 5.56 Å². The summed E-state index contributed by atoms with van der Waals surface area (Å²) in [6.45, 7) is 0. The van der Waals surface area contributed by atoms with Crippen molar-refractivity contribution in [2.75, 3.05) is 7.11 Å². The first-order valence-electron chi connectivity index (χ1n) is 9.21. The van der Waals surface area contributed by atoms with Crippen molar-refractivity contribution in [1.82, 2.24) is 4.57 Å². The molecule has 1 aromatic heterocycles. The van der Waals surface area contributed by atoms with Crippen molar-refractivity contribution in [3.63, 3.8) is 0 Å². The molecule has 4 rings (SSSR count). The highest BCUT2D eigenvalue weighted by atomic mass is 79.9. The third-order valence-corrected chi connectivity index (χ3v) is 6.47. The first-order valence-corrected chi connectivity index (χ1v) is 11.0. The Kier molecular flexibility index (Phi) is 5.93. The monoisotopic (exact) mass is 476 g/mol. The van der Waals surface area contributed by atoms with Crippen molar-refractivity contribution < 1.29 is 4.74 Å². The number of hydrogen-bond donors (Lipinski definition) is 0. The van der Waals surface area contributed by atoms with E-state index in [9.17, 15) is 10.1 Å². The van der Waals surface area contributed by atoms with Gasteiger partial charge < -0.3 is 4.74 Å². The summed E-state index contributed by atoms with van der Waals surface area (Å²) in [4.78, 5) is 13.9. The molecule has 0 bridgehead atoms. The standard InChI is InChI=1S/C24H17BrN2O2S/c1-29-23-13-20(25)18(14-26)12-22(23)27-21-9-8-19(11-17(21)7-10-24(27)28)30-15-16-5-3-2-4-6-16/h2-13H,15H2,1H3. The maximum atomic E-state index is 12.8. The van der Waals surface area contributed by atoms with Gasteiger partial charge in [-0.1, -0.05) is 30.3 Å². The zero-order chi connectivity index (χ0) is 21.1. The summed E-state index contributed by atoms with van der Waals surface area (Å²) < 4.78 is 7.71. The minimum Gasteiger partial charge on any atom is -0.495 e. The summed E-state index contributed by atoms with van der Waals surface area (Å²) >= 11 is 5.13. The lowest BCUT2D eigenvalue weighted by Crippen LogP contribution is -2.18. The van der Waals surface area contributed by atoms with E-state index < -0.39 is 0 Å². The number of hydrogen-bond acceptors (Lipinski definition) is 4. The average molecular weight is 477 g/mol. The van der Waals surface area contributed by atoms with Crippen LogP contribution in [0.2, 0.25) is 0 Å². The quantitative estimate of drug-likeness (QED) is 0.335. The van der Waals surface area contributed by atoms with Crippen LogP contribution in [-0.2, 0) is 5.75 Å². The molecule has 0 fully saturated rings. The van der Waals surface area contributed by atoms with Crippen molar-refractivity contribution in [2.45, 2.75) is 10.6 Å². The van der Waals surface area contributed by atoms with E-state index in [0.717, 1.165) is 21.6 Å². The van der Waals surface area contributed by atoms with Crippen LogP contribution in [0.5, 0.6) is 5.75 Å². The van der Waals surface area contributed by atoms with E-state index in [-0.39, 0.29) is 5.56 Å². The fraction of sp³-hybridized carbons (Fsp3) is 0.0833.